The molecule has 148 valence electrons. The summed E-state index contributed by atoms with van der Waals surface area (Å²) in [6.45, 7) is 13.2. The SMILES string of the molecule is C=C(S/C=C(\C)C(C)c1cc(C)c(C)cc1Br)c1ccc2c(c1)CCCCC2. The zero-order valence-electron chi connectivity index (χ0n) is 17.6. The predicted molar refractivity (Wildman–Crippen MR) is 130 cm³/mol. The van der Waals surface area contributed by atoms with E-state index in [4.69, 9.17) is 0 Å². The van der Waals surface area contributed by atoms with E-state index in [1.165, 1.54) is 70.0 Å². The second-order valence-electron chi connectivity index (χ2n) is 8.13. The summed E-state index contributed by atoms with van der Waals surface area (Å²) in [5.74, 6) is 0.376. The number of hydrogen-bond acceptors (Lipinski definition) is 1. The Labute approximate surface area is 183 Å². The molecule has 0 radical (unpaired) electrons. The third-order valence-electron chi connectivity index (χ3n) is 6.07. The molecule has 1 aliphatic carbocycles. The number of thioether (sulfide) groups is 1. The molecule has 2 aromatic rings. The van der Waals surface area contributed by atoms with Gasteiger partial charge >= 0.3 is 0 Å². The highest BCUT2D eigenvalue weighted by atomic mass is 79.9. The van der Waals surface area contributed by atoms with Crippen LogP contribution in [0.2, 0.25) is 0 Å². The summed E-state index contributed by atoms with van der Waals surface area (Å²) >= 11 is 5.51. The fourth-order valence-electron chi connectivity index (χ4n) is 3.80. The van der Waals surface area contributed by atoms with Crippen LogP contribution in [0.4, 0.5) is 0 Å². The van der Waals surface area contributed by atoms with Crippen LogP contribution >= 0.6 is 27.7 Å². The lowest BCUT2D eigenvalue weighted by atomic mass is 9.92. The van der Waals surface area contributed by atoms with Crippen molar-refractivity contribution >= 4 is 32.6 Å². The molecule has 1 atom stereocenters. The maximum atomic E-state index is 4.35. The molecule has 0 heterocycles. The Bertz CT molecular complexity index is 907. The average molecular weight is 456 g/mol. The molecule has 0 amide bonds. The maximum absolute atomic E-state index is 4.35. The highest BCUT2D eigenvalue weighted by Crippen LogP contribution is 2.36. The molecule has 0 bridgehead atoms. The van der Waals surface area contributed by atoms with Crippen LogP contribution in [0.25, 0.3) is 4.91 Å². The van der Waals surface area contributed by atoms with Gasteiger partial charge < -0.3 is 0 Å². The molecule has 0 saturated carbocycles. The van der Waals surface area contributed by atoms with E-state index in [-0.39, 0.29) is 0 Å². The molecule has 0 aliphatic heterocycles. The largest absolute Gasteiger partial charge is 0.0981 e. The van der Waals surface area contributed by atoms with Crippen molar-refractivity contribution in [3.63, 3.8) is 0 Å². The van der Waals surface area contributed by atoms with Crippen molar-refractivity contribution in [1.29, 1.82) is 0 Å². The van der Waals surface area contributed by atoms with E-state index < -0.39 is 0 Å². The summed E-state index contributed by atoms with van der Waals surface area (Å²) in [5.41, 5.74) is 9.74. The molecule has 0 N–H and O–H groups in total. The molecule has 0 fully saturated rings. The Kier molecular flexibility index (Phi) is 7.28. The van der Waals surface area contributed by atoms with Gasteiger partial charge in [-0.2, -0.15) is 0 Å². The van der Waals surface area contributed by atoms with Gasteiger partial charge in [-0.05, 0) is 91.3 Å². The minimum absolute atomic E-state index is 0.376. The summed E-state index contributed by atoms with van der Waals surface area (Å²) < 4.78 is 1.20. The van der Waals surface area contributed by atoms with Gasteiger partial charge in [0.25, 0.3) is 0 Å². The number of aryl methyl sites for hydroxylation is 4. The monoisotopic (exact) mass is 454 g/mol. The van der Waals surface area contributed by atoms with Gasteiger partial charge in [0.05, 0.1) is 0 Å². The Morgan fingerprint density at radius 3 is 2.46 bits per heavy atom. The maximum Gasteiger partial charge on any atom is 0.0216 e. The van der Waals surface area contributed by atoms with E-state index in [0.717, 1.165) is 4.91 Å². The molecule has 2 heteroatoms. The molecular formula is C26H31BrS. The van der Waals surface area contributed by atoms with Gasteiger partial charge in [-0.1, -0.05) is 77.5 Å². The third-order valence-corrected chi connectivity index (χ3v) is 7.77. The van der Waals surface area contributed by atoms with E-state index in [1.54, 1.807) is 17.3 Å². The minimum atomic E-state index is 0.376. The molecule has 1 aliphatic rings. The Morgan fingerprint density at radius 2 is 1.71 bits per heavy atom. The van der Waals surface area contributed by atoms with Crippen molar-refractivity contribution in [2.45, 2.75) is 65.7 Å². The Hall–Kier alpha value is -1.25. The summed E-state index contributed by atoms with van der Waals surface area (Å²) in [7, 11) is 0. The Morgan fingerprint density at radius 1 is 1.04 bits per heavy atom. The van der Waals surface area contributed by atoms with Crippen LogP contribution in [0.15, 0.2) is 52.4 Å². The zero-order valence-corrected chi connectivity index (χ0v) is 20.0. The number of halogens is 1. The smallest absolute Gasteiger partial charge is 0.0216 e. The van der Waals surface area contributed by atoms with E-state index in [2.05, 4.69) is 85.9 Å². The number of hydrogen-bond donors (Lipinski definition) is 0. The van der Waals surface area contributed by atoms with Gasteiger partial charge in [0, 0.05) is 15.3 Å². The van der Waals surface area contributed by atoms with Crippen LogP contribution in [0.5, 0.6) is 0 Å². The zero-order chi connectivity index (χ0) is 20.3. The number of fused-ring (bicyclic) bond motifs is 1. The summed E-state index contributed by atoms with van der Waals surface area (Å²) in [4.78, 5) is 1.14. The van der Waals surface area contributed by atoms with Crippen molar-refractivity contribution in [2.75, 3.05) is 0 Å². The lowest BCUT2D eigenvalue weighted by Crippen LogP contribution is -1.98. The minimum Gasteiger partial charge on any atom is -0.0981 e. The molecule has 3 rings (SSSR count). The average Bonchev–Trinajstić information content (AvgIpc) is 2.92. The van der Waals surface area contributed by atoms with E-state index in [9.17, 15) is 0 Å². The molecule has 0 aromatic heterocycles. The van der Waals surface area contributed by atoms with Crippen LogP contribution in [-0.4, -0.2) is 0 Å². The lowest BCUT2D eigenvalue weighted by molar-refractivity contribution is 0.711. The van der Waals surface area contributed by atoms with Crippen molar-refractivity contribution in [2.24, 2.45) is 0 Å². The predicted octanol–water partition coefficient (Wildman–Crippen LogP) is 8.75. The molecular weight excluding hydrogens is 424 g/mol. The van der Waals surface area contributed by atoms with Crippen molar-refractivity contribution in [1.82, 2.24) is 0 Å². The number of benzene rings is 2. The summed E-state index contributed by atoms with van der Waals surface area (Å²) in [6.07, 6.45) is 6.45. The van der Waals surface area contributed by atoms with Crippen molar-refractivity contribution in [3.05, 3.63) is 85.7 Å². The van der Waals surface area contributed by atoms with Gasteiger partial charge in [0.15, 0.2) is 0 Å². The second kappa shape index (κ2) is 9.50. The first kappa shape index (κ1) is 21.5. The molecule has 1 unspecified atom stereocenters. The molecule has 28 heavy (non-hydrogen) atoms. The normalized spacial score (nSPS) is 15.7. The number of allylic oxidation sites excluding steroid dienone is 1. The lowest BCUT2D eigenvalue weighted by Gasteiger charge is -2.17. The van der Waals surface area contributed by atoms with Gasteiger partial charge in [0.1, 0.15) is 0 Å². The van der Waals surface area contributed by atoms with Crippen LogP contribution in [0, 0.1) is 13.8 Å². The fourth-order valence-corrected chi connectivity index (χ4v) is 5.39. The summed E-state index contributed by atoms with van der Waals surface area (Å²) in [5, 5.41) is 2.28. The van der Waals surface area contributed by atoms with Crippen LogP contribution in [-0.2, 0) is 12.8 Å². The van der Waals surface area contributed by atoms with Gasteiger partial charge in [-0.15, -0.1) is 0 Å². The van der Waals surface area contributed by atoms with E-state index in [1.807, 2.05) is 0 Å². The highest BCUT2D eigenvalue weighted by molar-refractivity contribution is 9.10. The highest BCUT2D eigenvalue weighted by Gasteiger charge is 2.14. The van der Waals surface area contributed by atoms with Gasteiger partial charge in [0.2, 0.25) is 0 Å². The second-order valence-corrected chi connectivity index (χ2v) is 9.95. The van der Waals surface area contributed by atoms with Crippen LogP contribution in [0.1, 0.15) is 72.4 Å². The Balaban J connectivity index is 1.73. The van der Waals surface area contributed by atoms with Crippen LogP contribution < -0.4 is 0 Å². The van der Waals surface area contributed by atoms with Gasteiger partial charge in [-0.25, -0.2) is 0 Å². The first-order chi connectivity index (χ1) is 13.4. The molecule has 0 nitrogen and oxygen atoms in total. The van der Waals surface area contributed by atoms with Crippen molar-refractivity contribution in [3.8, 4) is 0 Å². The topological polar surface area (TPSA) is 0 Å². The summed E-state index contributed by atoms with van der Waals surface area (Å²) in [6, 6.07) is 11.5. The molecule has 0 saturated heterocycles. The van der Waals surface area contributed by atoms with Crippen molar-refractivity contribution < 1.29 is 0 Å². The quantitative estimate of drug-likeness (QED) is 0.406. The van der Waals surface area contributed by atoms with E-state index in [0.29, 0.717) is 5.92 Å². The first-order valence-electron chi connectivity index (χ1n) is 10.3. The van der Waals surface area contributed by atoms with E-state index >= 15 is 0 Å². The first-order valence-corrected chi connectivity index (χ1v) is 11.9. The van der Waals surface area contributed by atoms with Gasteiger partial charge in [-0.3, -0.25) is 0 Å². The van der Waals surface area contributed by atoms with Crippen LogP contribution in [0.3, 0.4) is 0 Å². The molecule has 2 aromatic carbocycles. The number of rotatable bonds is 5. The fraction of sp³-hybridized carbons (Fsp3) is 0.385. The third kappa shape index (κ3) is 5.02. The molecule has 0 spiro atoms. The standard InChI is InChI=1S/C26H31BrS/c1-17-13-25(26(27)14-18(17)2)20(4)19(3)16-28-21(5)23-12-11-22-9-7-6-8-10-24(22)15-23/h11-16,20H,5-10H2,1-4H3/b19-16+.